The van der Waals surface area contributed by atoms with Crippen LogP contribution in [0.2, 0.25) is 0 Å². The molecule has 2 aromatic heterocycles. The molecule has 90 valence electrons. The molecule has 0 N–H and O–H groups in total. The summed E-state index contributed by atoms with van der Waals surface area (Å²) in [5, 5.41) is 2.15. The molecule has 0 aliphatic carbocycles. The van der Waals surface area contributed by atoms with Crippen LogP contribution in [0, 0.1) is 12.8 Å². The smallest absolute Gasteiger partial charge is 0.190 e. The molecule has 2 rings (SSSR count). The number of thiazole rings is 1. The van der Waals surface area contributed by atoms with Crippen molar-refractivity contribution in [1.29, 1.82) is 0 Å². The first-order chi connectivity index (χ1) is 8.16. The van der Waals surface area contributed by atoms with Gasteiger partial charge in [-0.25, -0.2) is 4.99 Å². The van der Waals surface area contributed by atoms with Crippen LogP contribution in [0.3, 0.4) is 0 Å². The second kappa shape index (κ2) is 5.27. The van der Waals surface area contributed by atoms with E-state index in [0.29, 0.717) is 5.92 Å². The van der Waals surface area contributed by atoms with Crippen molar-refractivity contribution in [2.75, 3.05) is 0 Å². The highest BCUT2D eigenvalue weighted by molar-refractivity contribution is 7.07. The van der Waals surface area contributed by atoms with Crippen molar-refractivity contribution in [3.63, 3.8) is 0 Å². The first-order valence-corrected chi connectivity index (χ1v) is 6.64. The minimum atomic E-state index is 0.621. The van der Waals surface area contributed by atoms with Gasteiger partial charge in [0.1, 0.15) is 0 Å². The van der Waals surface area contributed by atoms with Crippen LogP contribution in [-0.2, 0) is 6.54 Å². The summed E-state index contributed by atoms with van der Waals surface area (Å²) < 4.78 is 2.27. The molecular formula is C13H17N3S. The molecule has 0 amide bonds. The molecule has 17 heavy (non-hydrogen) atoms. The summed E-state index contributed by atoms with van der Waals surface area (Å²) in [6.45, 7) is 7.57. The Morgan fingerprint density at radius 1 is 1.47 bits per heavy atom. The standard InChI is InChI=1S/C13H17N3S/c1-10(2)8-16-11(3)9-17-13(16)15-12-5-4-6-14-7-12/h4-7,9-10H,8H2,1-3H3. The molecule has 0 unspecified atom stereocenters. The van der Waals surface area contributed by atoms with Crippen LogP contribution in [0.4, 0.5) is 5.69 Å². The fraction of sp³-hybridized carbons (Fsp3) is 0.385. The van der Waals surface area contributed by atoms with Crippen molar-refractivity contribution < 1.29 is 0 Å². The van der Waals surface area contributed by atoms with Crippen LogP contribution in [0.25, 0.3) is 0 Å². The van der Waals surface area contributed by atoms with Gasteiger partial charge in [-0.05, 0) is 25.0 Å². The lowest BCUT2D eigenvalue weighted by Gasteiger charge is -2.08. The molecule has 0 aliphatic heterocycles. The van der Waals surface area contributed by atoms with Crippen molar-refractivity contribution >= 4 is 17.0 Å². The predicted molar refractivity (Wildman–Crippen MR) is 71.3 cm³/mol. The van der Waals surface area contributed by atoms with E-state index in [1.165, 1.54) is 5.69 Å². The fourth-order valence-corrected chi connectivity index (χ4v) is 2.53. The van der Waals surface area contributed by atoms with E-state index in [4.69, 9.17) is 0 Å². The second-order valence-corrected chi connectivity index (χ2v) is 5.32. The molecule has 0 aliphatic rings. The van der Waals surface area contributed by atoms with E-state index in [9.17, 15) is 0 Å². The Hall–Kier alpha value is -1.42. The fourth-order valence-electron chi connectivity index (χ4n) is 1.62. The molecule has 2 heterocycles. The topological polar surface area (TPSA) is 30.2 Å². The maximum Gasteiger partial charge on any atom is 0.190 e. The number of rotatable bonds is 3. The maximum atomic E-state index is 4.63. The molecule has 4 heteroatoms. The summed E-state index contributed by atoms with van der Waals surface area (Å²) in [6, 6.07) is 3.88. The van der Waals surface area contributed by atoms with Crippen LogP contribution in [0.15, 0.2) is 34.9 Å². The van der Waals surface area contributed by atoms with Gasteiger partial charge in [0.15, 0.2) is 4.80 Å². The number of hydrogen-bond donors (Lipinski definition) is 0. The SMILES string of the molecule is Cc1csc(=Nc2cccnc2)n1CC(C)C. The monoisotopic (exact) mass is 247 g/mol. The Morgan fingerprint density at radius 2 is 2.29 bits per heavy atom. The van der Waals surface area contributed by atoms with Gasteiger partial charge < -0.3 is 4.57 Å². The van der Waals surface area contributed by atoms with Gasteiger partial charge in [-0.2, -0.15) is 0 Å². The summed E-state index contributed by atoms with van der Waals surface area (Å²) in [7, 11) is 0. The highest BCUT2D eigenvalue weighted by Gasteiger charge is 2.03. The van der Waals surface area contributed by atoms with Gasteiger partial charge in [0.25, 0.3) is 0 Å². The average Bonchev–Trinajstić information content (AvgIpc) is 2.62. The normalized spacial score (nSPS) is 12.4. The predicted octanol–water partition coefficient (Wildman–Crippen LogP) is 3.14. The number of aromatic nitrogens is 2. The Morgan fingerprint density at radius 3 is 2.94 bits per heavy atom. The quantitative estimate of drug-likeness (QED) is 0.819. The van der Waals surface area contributed by atoms with Crippen LogP contribution >= 0.6 is 11.3 Å². The van der Waals surface area contributed by atoms with Crippen LogP contribution in [0.1, 0.15) is 19.5 Å². The van der Waals surface area contributed by atoms with Gasteiger partial charge >= 0.3 is 0 Å². The molecule has 0 atom stereocenters. The van der Waals surface area contributed by atoms with E-state index < -0.39 is 0 Å². The maximum absolute atomic E-state index is 4.63. The van der Waals surface area contributed by atoms with Gasteiger partial charge in [-0.3, -0.25) is 4.98 Å². The van der Waals surface area contributed by atoms with Gasteiger partial charge in [0.05, 0.1) is 11.9 Å². The van der Waals surface area contributed by atoms with Gasteiger partial charge in [-0.1, -0.05) is 13.8 Å². The highest BCUT2D eigenvalue weighted by atomic mass is 32.1. The van der Waals surface area contributed by atoms with Crippen molar-refractivity contribution in [3.8, 4) is 0 Å². The van der Waals surface area contributed by atoms with Crippen molar-refractivity contribution in [2.45, 2.75) is 27.3 Å². The highest BCUT2D eigenvalue weighted by Crippen LogP contribution is 2.09. The molecule has 0 saturated carbocycles. The third-order valence-corrected chi connectivity index (χ3v) is 3.39. The van der Waals surface area contributed by atoms with Crippen molar-refractivity contribution in [3.05, 3.63) is 40.4 Å². The second-order valence-electron chi connectivity index (χ2n) is 4.49. The summed E-state index contributed by atoms with van der Waals surface area (Å²) in [4.78, 5) is 9.76. The Labute approximate surface area is 105 Å². The molecule has 0 aromatic carbocycles. The summed E-state index contributed by atoms with van der Waals surface area (Å²) >= 11 is 1.68. The van der Waals surface area contributed by atoms with Crippen LogP contribution in [-0.4, -0.2) is 9.55 Å². The third-order valence-electron chi connectivity index (χ3n) is 2.41. The lowest BCUT2D eigenvalue weighted by atomic mass is 10.2. The lowest BCUT2D eigenvalue weighted by molar-refractivity contribution is 0.506. The van der Waals surface area contributed by atoms with Crippen LogP contribution < -0.4 is 4.80 Å². The zero-order valence-electron chi connectivity index (χ0n) is 10.4. The van der Waals surface area contributed by atoms with E-state index in [1.54, 1.807) is 23.7 Å². The Balaban J connectivity index is 2.42. The van der Waals surface area contributed by atoms with E-state index in [0.717, 1.165) is 17.0 Å². The first-order valence-electron chi connectivity index (χ1n) is 5.76. The van der Waals surface area contributed by atoms with E-state index in [2.05, 4.69) is 40.7 Å². The molecule has 0 spiro atoms. The molecular weight excluding hydrogens is 230 g/mol. The molecule has 0 fully saturated rings. The lowest BCUT2D eigenvalue weighted by Crippen LogP contribution is -2.19. The Bertz CT molecular complexity index is 537. The minimum absolute atomic E-state index is 0.621. The Kier molecular flexibility index (Phi) is 3.74. The average molecular weight is 247 g/mol. The zero-order valence-corrected chi connectivity index (χ0v) is 11.2. The van der Waals surface area contributed by atoms with Crippen molar-refractivity contribution in [2.24, 2.45) is 10.9 Å². The number of nitrogens with zero attached hydrogens (tertiary/aromatic N) is 3. The van der Waals surface area contributed by atoms with Gasteiger partial charge in [0, 0.05) is 23.8 Å². The summed E-state index contributed by atoms with van der Waals surface area (Å²) in [6.07, 6.45) is 3.55. The number of hydrogen-bond acceptors (Lipinski definition) is 3. The summed E-state index contributed by atoms with van der Waals surface area (Å²) in [5.41, 5.74) is 2.18. The minimum Gasteiger partial charge on any atom is -0.321 e. The number of pyridine rings is 1. The molecule has 2 aromatic rings. The number of aryl methyl sites for hydroxylation is 1. The zero-order chi connectivity index (χ0) is 12.3. The molecule has 0 bridgehead atoms. The molecule has 0 radical (unpaired) electrons. The van der Waals surface area contributed by atoms with Gasteiger partial charge in [-0.15, -0.1) is 11.3 Å². The van der Waals surface area contributed by atoms with E-state index in [-0.39, 0.29) is 0 Å². The third kappa shape index (κ3) is 3.03. The largest absolute Gasteiger partial charge is 0.321 e. The first kappa shape index (κ1) is 12.0. The van der Waals surface area contributed by atoms with Crippen molar-refractivity contribution in [1.82, 2.24) is 9.55 Å². The van der Waals surface area contributed by atoms with E-state index >= 15 is 0 Å². The van der Waals surface area contributed by atoms with Crippen LogP contribution in [0.5, 0.6) is 0 Å². The van der Waals surface area contributed by atoms with E-state index in [1.807, 2.05) is 12.1 Å². The molecule has 3 nitrogen and oxygen atoms in total. The summed E-state index contributed by atoms with van der Waals surface area (Å²) in [5.74, 6) is 0.621. The van der Waals surface area contributed by atoms with Gasteiger partial charge in [0.2, 0.25) is 0 Å². The molecule has 0 saturated heterocycles.